The minimum absolute atomic E-state index is 0.0780. The molecule has 1 aromatic carbocycles. The second-order valence-corrected chi connectivity index (χ2v) is 3.76. The maximum Gasteiger partial charge on any atom is 0.198 e. The van der Waals surface area contributed by atoms with Gasteiger partial charge in [0.2, 0.25) is 0 Å². The largest absolute Gasteiger partial charge is 0.483 e. The summed E-state index contributed by atoms with van der Waals surface area (Å²) in [6.45, 7) is 4.25. The number of hydrogen-bond donors (Lipinski definition) is 0. The van der Waals surface area contributed by atoms with Crippen molar-refractivity contribution >= 4 is 11.6 Å². The van der Waals surface area contributed by atoms with Crippen LogP contribution in [-0.4, -0.2) is 13.0 Å². The van der Waals surface area contributed by atoms with Crippen molar-refractivity contribution in [1.29, 1.82) is 0 Å². The summed E-state index contributed by atoms with van der Waals surface area (Å²) < 4.78 is 5.26. The highest BCUT2D eigenvalue weighted by Gasteiger charge is 2.35. The van der Waals surface area contributed by atoms with E-state index in [0.717, 1.165) is 11.6 Å². The molecular weight excluding hydrogens is 162 g/mol. The number of para-hydroxylation sites is 1. The van der Waals surface area contributed by atoms with Crippen molar-refractivity contribution < 1.29 is 4.74 Å². The molecular formula is C11H13NO. The van der Waals surface area contributed by atoms with E-state index in [2.05, 4.69) is 24.9 Å². The first-order valence-electron chi connectivity index (χ1n) is 4.39. The Bertz CT molecular complexity index is 366. The quantitative estimate of drug-likeness (QED) is 0.594. The van der Waals surface area contributed by atoms with Gasteiger partial charge in [-0.2, -0.15) is 0 Å². The average molecular weight is 175 g/mol. The summed E-state index contributed by atoms with van der Waals surface area (Å²) in [4.78, 5) is 4.42. The molecule has 0 radical (unpaired) electrons. The van der Waals surface area contributed by atoms with Crippen molar-refractivity contribution in [2.75, 3.05) is 7.11 Å². The Morgan fingerprint density at radius 1 is 1.23 bits per heavy atom. The molecule has 2 rings (SSSR count). The molecule has 13 heavy (non-hydrogen) atoms. The molecule has 0 aromatic heterocycles. The second-order valence-electron chi connectivity index (χ2n) is 3.76. The zero-order valence-electron chi connectivity index (χ0n) is 8.16. The normalized spacial score (nSPS) is 17.9. The molecule has 0 atom stereocenters. The van der Waals surface area contributed by atoms with E-state index in [1.807, 2.05) is 18.2 Å². The van der Waals surface area contributed by atoms with Crippen molar-refractivity contribution in [3.05, 3.63) is 29.8 Å². The zero-order valence-corrected chi connectivity index (χ0v) is 8.16. The summed E-state index contributed by atoms with van der Waals surface area (Å²) in [5, 5.41) is 0. The fourth-order valence-electron chi connectivity index (χ4n) is 1.76. The summed E-state index contributed by atoms with van der Waals surface area (Å²) in [5.74, 6) is 0.800. The van der Waals surface area contributed by atoms with Gasteiger partial charge in [0.15, 0.2) is 5.90 Å². The fraction of sp³-hybridized carbons (Fsp3) is 0.364. The highest BCUT2D eigenvalue weighted by Crippen LogP contribution is 2.39. The predicted octanol–water partition coefficient (Wildman–Crippen LogP) is 2.65. The van der Waals surface area contributed by atoms with Crippen LogP contribution < -0.4 is 0 Å². The molecule has 1 aromatic rings. The van der Waals surface area contributed by atoms with E-state index >= 15 is 0 Å². The van der Waals surface area contributed by atoms with Gasteiger partial charge in [-0.15, -0.1) is 0 Å². The lowest BCUT2D eigenvalue weighted by Crippen LogP contribution is -2.26. The molecule has 0 fully saturated rings. The maximum atomic E-state index is 5.26. The number of rotatable bonds is 0. The third kappa shape index (κ3) is 1.05. The topological polar surface area (TPSA) is 21.6 Å². The molecule has 0 saturated heterocycles. The monoisotopic (exact) mass is 175 g/mol. The Labute approximate surface area is 78.3 Å². The Kier molecular flexibility index (Phi) is 1.65. The van der Waals surface area contributed by atoms with Crippen molar-refractivity contribution in [2.24, 2.45) is 4.99 Å². The minimum Gasteiger partial charge on any atom is -0.483 e. The van der Waals surface area contributed by atoms with Gasteiger partial charge in [0.25, 0.3) is 0 Å². The first kappa shape index (κ1) is 8.30. The summed E-state index contributed by atoms with van der Waals surface area (Å²) in [7, 11) is 1.67. The molecule has 0 bridgehead atoms. The van der Waals surface area contributed by atoms with E-state index in [9.17, 15) is 0 Å². The third-order valence-corrected chi connectivity index (χ3v) is 2.53. The fourth-order valence-corrected chi connectivity index (χ4v) is 1.76. The van der Waals surface area contributed by atoms with Gasteiger partial charge in [0.05, 0.1) is 18.2 Å². The lowest BCUT2D eigenvalue weighted by atomic mass is 9.86. The molecule has 0 amide bonds. The number of ether oxygens (including phenoxy) is 1. The Morgan fingerprint density at radius 2 is 1.92 bits per heavy atom. The van der Waals surface area contributed by atoms with Crippen LogP contribution in [0.4, 0.5) is 5.69 Å². The van der Waals surface area contributed by atoms with E-state index in [-0.39, 0.29) is 5.41 Å². The van der Waals surface area contributed by atoms with E-state index in [1.165, 1.54) is 5.56 Å². The molecule has 0 saturated carbocycles. The van der Waals surface area contributed by atoms with Crippen LogP contribution in [0.25, 0.3) is 0 Å². The first-order valence-corrected chi connectivity index (χ1v) is 4.39. The second kappa shape index (κ2) is 2.59. The molecule has 0 N–H and O–H groups in total. The maximum absolute atomic E-state index is 5.26. The summed E-state index contributed by atoms with van der Waals surface area (Å²) in [6, 6.07) is 8.15. The number of hydrogen-bond acceptors (Lipinski definition) is 2. The lowest BCUT2D eigenvalue weighted by Gasteiger charge is -2.20. The van der Waals surface area contributed by atoms with Gasteiger partial charge in [-0.05, 0) is 25.5 Å². The van der Waals surface area contributed by atoms with Crippen LogP contribution in [0.2, 0.25) is 0 Å². The van der Waals surface area contributed by atoms with E-state index in [1.54, 1.807) is 7.11 Å². The number of nitrogens with zero attached hydrogens (tertiary/aromatic N) is 1. The van der Waals surface area contributed by atoms with Gasteiger partial charge in [-0.3, -0.25) is 0 Å². The minimum atomic E-state index is -0.0780. The smallest absolute Gasteiger partial charge is 0.198 e. The van der Waals surface area contributed by atoms with Gasteiger partial charge in [-0.25, -0.2) is 4.99 Å². The summed E-state index contributed by atoms with van der Waals surface area (Å²) in [6.07, 6.45) is 0. The van der Waals surface area contributed by atoms with Gasteiger partial charge in [-0.1, -0.05) is 18.2 Å². The van der Waals surface area contributed by atoms with Crippen molar-refractivity contribution in [3.63, 3.8) is 0 Å². The number of benzene rings is 1. The van der Waals surface area contributed by atoms with Gasteiger partial charge < -0.3 is 4.74 Å². The summed E-state index contributed by atoms with van der Waals surface area (Å²) in [5.41, 5.74) is 2.20. The van der Waals surface area contributed by atoms with E-state index in [0.29, 0.717) is 0 Å². The van der Waals surface area contributed by atoms with Gasteiger partial charge >= 0.3 is 0 Å². The van der Waals surface area contributed by atoms with Crippen LogP contribution in [0, 0.1) is 0 Å². The Morgan fingerprint density at radius 3 is 2.54 bits per heavy atom. The van der Waals surface area contributed by atoms with Crippen LogP contribution in [0.5, 0.6) is 0 Å². The highest BCUT2D eigenvalue weighted by atomic mass is 16.5. The molecule has 0 spiro atoms. The van der Waals surface area contributed by atoms with Crippen LogP contribution in [0.15, 0.2) is 29.3 Å². The van der Waals surface area contributed by atoms with Crippen molar-refractivity contribution in [1.82, 2.24) is 0 Å². The van der Waals surface area contributed by atoms with Gasteiger partial charge in [0, 0.05) is 0 Å². The highest BCUT2D eigenvalue weighted by molar-refractivity contribution is 5.95. The van der Waals surface area contributed by atoms with Crippen molar-refractivity contribution in [3.8, 4) is 0 Å². The lowest BCUT2D eigenvalue weighted by molar-refractivity contribution is 0.366. The molecule has 2 nitrogen and oxygen atoms in total. The first-order chi connectivity index (χ1) is 6.16. The number of methoxy groups -OCH3 is 1. The number of aliphatic imine (C=N–C) groups is 1. The molecule has 2 heteroatoms. The molecule has 0 aliphatic carbocycles. The van der Waals surface area contributed by atoms with Crippen LogP contribution >= 0.6 is 0 Å². The van der Waals surface area contributed by atoms with E-state index in [4.69, 9.17) is 4.74 Å². The molecule has 68 valence electrons. The summed E-state index contributed by atoms with van der Waals surface area (Å²) >= 11 is 0. The average Bonchev–Trinajstić information content (AvgIpc) is 2.39. The van der Waals surface area contributed by atoms with Crippen LogP contribution in [0.1, 0.15) is 19.4 Å². The van der Waals surface area contributed by atoms with Crippen LogP contribution in [0.3, 0.4) is 0 Å². The number of fused-ring (bicyclic) bond motifs is 1. The molecule has 1 heterocycles. The standard InChI is InChI=1S/C11H13NO/c1-11(2)8-6-4-5-7-9(8)12-10(11)13-3/h4-7H,1-3H3. The Balaban J connectivity index is 2.58. The molecule has 1 aliphatic heterocycles. The zero-order chi connectivity index (χ0) is 9.47. The van der Waals surface area contributed by atoms with E-state index < -0.39 is 0 Å². The third-order valence-electron chi connectivity index (χ3n) is 2.53. The Hall–Kier alpha value is -1.31. The molecule has 1 aliphatic rings. The predicted molar refractivity (Wildman–Crippen MR) is 53.6 cm³/mol. The van der Waals surface area contributed by atoms with Crippen LogP contribution in [-0.2, 0) is 10.2 Å². The van der Waals surface area contributed by atoms with Gasteiger partial charge in [0.1, 0.15) is 0 Å². The van der Waals surface area contributed by atoms with Crippen molar-refractivity contribution in [2.45, 2.75) is 19.3 Å². The SMILES string of the molecule is COC1=Nc2ccccc2C1(C)C. The molecule has 0 unspecified atom stereocenters.